The summed E-state index contributed by atoms with van der Waals surface area (Å²) in [4.78, 5) is 0. The van der Waals surface area contributed by atoms with Crippen molar-refractivity contribution in [3.63, 3.8) is 0 Å². The summed E-state index contributed by atoms with van der Waals surface area (Å²) in [5.41, 5.74) is 1.04. The molecule has 1 aromatic rings. The van der Waals surface area contributed by atoms with Crippen LogP contribution in [-0.4, -0.2) is 18.7 Å². The van der Waals surface area contributed by atoms with Crippen LogP contribution < -0.4 is 10.1 Å². The Balaban J connectivity index is 1.58. The molecule has 116 valence electrons. The number of benzene rings is 1. The first-order valence-corrected chi connectivity index (χ1v) is 8.44. The molecule has 1 aliphatic heterocycles. The molecule has 21 heavy (non-hydrogen) atoms. The number of hydrogen-bond acceptors (Lipinski definition) is 2. The Morgan fingerprint density at radius 3 is 3.00 bits per heavy atom. The van der Waals surface area contributed by atoms with Gasteiger partial charge in [-0.05, 0) is 56.3 Å². The lowest BCUT2D eigenvalue weighted by atomic mass is 9.80. The average Bonchev–Trinajstić information content (AvgIpc) is 2.87. The van der Waals surface area contributed by atoms with Crippen LogP contribution in [0.25, 0.3) is 0 Å². The SMILES string of the molecule is CCCNC1CCCCC1CC1Cc2cc(F)ccc2O1. The van der Waals surface area contributed by atoms with Crippen molar-refractivity contribution < 1.29 is 9.13 Å². The van der Waals surface area contributed by atoms with Gasteiger partial charge in [-0.15, -0.1) is 0 Å². The number of ether oxygens (including phenoxy) is 1. The number of fused-ring (bicyclic) bond motifs is 1. The lowest BCUT2D eigenvalue weighted by Gasteiger charge is -2.33. The van der Waals surface area contributed by atoms with Gasteiger partial charge in [0.2, 0.25) is 0 Å². The van der Waals surface area contributed by atoms with Crippen LogP contribution in [0.1, 0.15) is 51.0 Å². The second-order valence-electron chi connectivity index (χ2n) is 6.54. The van der Waals surface area contributed by atoms with E-state index in [1.807, 2.05) is 0 Å². The number of nitrogens with one attached hydrogen (secondary N) is 1. The van der Waals surface area contributed by atoms with Gasteiger partial charge in [0.25, 0.3) is 0 Å². The largest absolute Gasteiger partial charge is 0.490 e. The van der Waals surface area contributed by atoms with Gasteiger partial charge in [0.15, 0.2) is 0 Å². The van der Waals surface area contributed by atoms with E-state index in [2.05, 4.69) is 12.2 Å². The summed E-state index contributed by atoms with van der Waals surface area (Å²) in [6.07, 6.45) is 8.65. The zero-order valence-electron chi connectivity index (χ0n) is 12.9. The Kier molecular flexibility index (Phi) is 4.79. The minimum Gasteiger partial charge on any atom is -0.490 e. The second-order valence-corrected chi connectivity index (χ2v) is 6.54. The number of hydrogen-bond donors (Lipinski definition) is 1. The average molecular weight is 291 g/mol. The van der Waals surface area contributed by atoms with E-state index in [4.69, 9.17) is 4.74 Å². The van der Waals surface area contributed by atoms with Crippen molar-refractivity contribution in [2.24, 2.45) is 5.92 Å². The third-order valence-electron chi connectivity index (χ3n) is 4.89. The van der Waals surface area contributed by atoms with Gasteiger partial charge < -0.3 is 10.1 Å². The highest BCUT2D eigenvalue weighted by Gasteiger charge is 2.31. The minimum atomic E-state index is -0.154. The molecule has 3 rings (SSSR count). The van der Waals surface area contributed by atoms with Crippen molar-refractivity contribution in [1.82, 2.24) is 5.32 Å². The normalized spacial score (nSPS) is 28.2. The summed E-state index contributed by atoms with van der Waals surface area (Å²) < 4.78 is 19.3. The molecule has 0 amide bonds. The Morgan fingerprint density at radius 2 is 2.14 bits per heavy atom. The van der Waals surface area contributed by atoms with E-state index in [1.54, 1.807) is 12.1 Å². The fourth-order valence-electron chi connectivity index (χ4n) is 3.85. The molecule has 2 aliphatic rings. The molecule has 0 aromatic heterocycles. The predicted molar refractivity (Wildman–Crippen MR) is 83.2 cm³/mol. The smallest absolute Gasteiger partial charge is 0.123 e. The molecule has 3 unspecified atom stereocenters. The van der Waals surface area contributed by atoms with E-state index < -0.39 is 0 Å². The van der Waals surface area contributed by atoms with Crippen LogP contribution in [0.4, 0.5) is 4.39 Å². The van der Waals surface area contributed by atoms with Crippen molar-refractivity contribution >= 4 is 0 Å². The van der Waals surface area contributed by atoms with E-state index in [1.165, 1.54) is 38.2 Å². The Morgan fingerprint density at radius 1 is 1.29 bits per heavy atom. The van der Waals surface area contributed by atoms with Crippen LogP contribution in [0.2, 0.25) is 0 Å². The highest BCUT2D eigenvalue weighted by atomic mass is 19.1. The lowest BCUT2D eigenvalue weighted by molar-refractivity contribution is 0.152. The summed E-state index contributed by atoms with van der Waals surface area (Å²) in [6, 6.07) is 5.54. The molecule has 1 aromatic carbocycles. The maximum atomic E-state index is 13.3. The van der Waals surface area contributed by atoms with Gasteiger partial charge in [0, 0.05) is 18.0 Å². The van der Waals surface area contributed by atoms with Crippen molar-refractivity contribution in [2.45, 2.75) is 64.0 Å². The molecule has 1 aliphatic carbocycles. The van der Waals surface area contributed by atoms with Crippen molar-refractivity contribution in [2.75, 3.05) is 6.54 Å². The van der Waals surface area contributed by atoms with Gasteiger partial charge in [-0.3, -0.25) is 0 Å². The molecule has 1 N–H and O–H groups in total. The molecule has 1 heterocycles. The van der Waals surface area contributed by atoms with Gasteiger partial charge in [0.05, 0.1) is 0 Å². The van der Waals surface area contributed by atoms with Crippen LogP contribution in [0.15, 0.2) is 18.2 Å². The minimum absolute atomic E-state index is 0.154. The predicted octanol–water partition coefficient (Wildman–Crippen LogP) is 4.08. The van der Waals surface area contributed by atoms with Crippen LogP contribution in [0, 0.1) is 11.7 Å². The highest BCUT2D eigenvalue weighted by molar-refractivity contribution is 5.37. The van der Waals surface area contributed by atoms with Gasteiger partial charge in [0.1, 0.15) is 17.7 Å². The molecule has 0 radical (unpaired) electrons. The first-order valence-electron chi connectivity index (χ1n) is 8.44. The molecule has 1 saturated carbocycles. The van der Waals surface area contributed by atoms with E-state index >= 15 is 0 Å². The maximum absolute atomic E-state index is 13.3. The summed E-state index contributed by atoms with van der Waals surface area (Å²) in [5, 5.41) is 3.71. The summed E-state index contributed by atoms with van der Waals surface area (Å²) in [6.45, 7) is 3.33. The highest BCUT2D eigenvalue weighted by Crippen LogP contribution is 2.35. The van der Waals surface area contributed by atoms with Crippen molar-refractivity contribution in [1.29, 1.82) is 0 Å². The molecule has 1 fully saturated rings. The first-order chi connectivity index (χ1) is 10.3. The third kappa shape index (κ3) is 3.57. The zero-order valence-corrected chi connectivity index (χ0v) is 12.9. The third-order valence-corrected chi connectivity index (χ3v) is 4.89. The van der Waals surface area contributed by atoms with Crippen molar-refractivity contribution in [3.8, 4) is 5.75 Å². The second kappa shape index (κ2) is 6.78. The molecule has 0 spiro atoms. The topological polar surface area (TPSA) is 21.3 Å². The quantitative estimate of drug-likeness (QED) is 0.882. The monoisotopic (exact) mass is 291 g/mol. The van der Waals surface area contributed by atoms with Crippen LogP contribution in [0.3, 0.4) is 0 Å². The van der Waals surface area contributed by atoms with E-state index in [0.717, 1.165) is 30.7 Å². The van der Waals surface area contributed by atoms with Gasteiger partial charge >= 0.3 is 0 Å². The van der Waals surface area contributed by atoms with Crippen molar-refractivity contribution in [3.05, 3.63) is 29.6 Å². The Labute approximate surface area is 127 Å². The van der Waals surface area contributed by atoms with Crippen LogP contribution in [0.5, 0.6) is 5.75 Å². The summed E-state index contributed by atoms with van der Waals surface area (Å²) in [5.74, 6) is 1.43. The molecule has 0 saturated heterocycles. The molecular formula is C18H26FNO. The zero-order chi connectivity index (χ0) is 14.7. The molecular weight excluding hydrogens is 265 g/mol. The number of rotatable bonds is 5. The van der Waals surface area contributed by atoms with E-state index in [9.17, 15) is 4.39 Å². The Bertz CT molecular complexity index is 476. The number of halogens is 1. The van der Waals surface area contributed by atoms with E-state index in [-0.39, 0.29) is 11.9 Å². The fourth-order valence-corrected chi connectivity index (χ4v) is 3.85. The molecule has 0 bridgehead atoms. The summed E-state index contributed by atoms with van der Waals surface area (Å²) >= 11 is 0. The molecule has 3 atom stereocenters. The first kappa shape index (κ1) is 14.8. The van der Waals surface area contributed by atoms with Gasteiger partial charge in [-0.25, -0.2) is 4.39 Å². The van der Waals surface area contributed by atoms with Crippen LogP contribution >= 0.6 is 0 Å². The van der Waals surface area contributed by atoms with Crippen LogP contribution in [-0.2, 0) is 6.42 Å². The van der Waals surface area contributed by atoms with Gasteiger partial charge in [-0.1, -0.05) is 19.8 Å². The fraction of sp³-hybridized carbons (Fsp3) is 0.667. The molecule has 3 heteroatoms. The van der Waals surface area contributed by atoms with Gasteiger partial charge in [-0.2, -0.15) is 0 Å². The lowest BCUT2D eigenvalue weighted by Crippen LogP contribution is -2.40. The van der Waals surface area contributed by atoms with E-state index in [0.29, 0.717) is 12.0 Å². The summed E-state index contributed by atoms with van der Waals surface area (Å²) in [7, 11) is 0. The Hall–Kier alpha value is -1.09. The maximum Gasteiger partial charge on any atom is 0.123 e. The standard InChI is InChI=1S/C18H26FNO/c1-2-9-20-17-6-4-3-5-13(17)11-16-12-14-10-15(19)7-8-18(14)21-16/h7-8,10,13,16-17,20H,2-6,9,11-12H2,1H3. The molecule has 2 nitrogen and oxygen atoms in total.